The first-order chi connectivity index (χ1) is 14.7. The van der Waals surface area contributed by atoms with Crippen LogP contribution in [0.1, 0.15) is 51.7 Å². The molecule has 2 amide bonds. The first-order valence-corrected chi connectivity index (χ1v) is 12.2. The van der Waals surface area contributed by atoms with E-state index in [0.29, 0.717) is 30.2 Å². The van der Waals surface area contributed by atoms with Gasteiger partial charge in [-0.3, -0.25) is 9.59 Å². The second kappa shape index (κ2) is 12.2. The minimum atomic E-state index is -0.512. The van der Waals surface area contributed by atoms with Gasteiger partial charge in [-0.1, -0.05) is 61.0 Å². The fourth-order valence-electron chi connectivity index (χ4n) is 3.23. The van der Waals surface area contributed by atoms with Gasteiger partial charge in [-0.2, -0.15) is 11.8 Å². The summed E-state index contributed by atoms with van der Waals surface area (Å²) in [5, 5.41) is 3.68. The molecule has 0 aliphatic carbocycles. The van der Waals surface area contributed by atoms with Crippen LogP contribution in [-0.2, 0) is 21.9 Å². The van der Waals surface area contributed by atoms with Crippen LogP contribution in [0.4, 0.5) is 0 Å². The highest BCUT2D eigenvalue weighted by Crippen LogP contribution is 2.19. The predicted molar refractivity (Wildman–Crippen MR) is 131 cm³/mol. The molecule has 4 nitrogen and oxygen atoms in total. The molecule has 0 radical (unpaired) electrons. The van der Waals surface area contributed by atoms with Gasteiger partial charge in [0.05, 0.1) is 0 Å². The van der Waals surface area contributed by atoms with Gasteiger partial charge in [0.15, 0.2) is 0 Å². The van der Waals surface area contributed by atoms with Gasteiger partial charge in [-0.15, -0.1) is 0 Å². The van der Waals surface area contributed by atoms with Crippen LogP contribution in [0.15, 0.2) is 54.6 Å². The number of thioether (sulfide) groups is 1. The van der Waals surface area contributed by atoms with Crippen molar-refractivity contribution in [1.82, 2.24) is 10.2 Å². The van der Waals surface area contributed by atoms with E-state index in [1.54, 1.807) is 16.7 Å². The topological polar surface area (TPSA) is 49.4 Å². The Balaban J connectivity index is 2.08. The molecule has 2 rings (SSSR count). The summed E-state index contributed by atoms with van der Waals surface area (Å²) in [4.78, 5) is 27.9. The van der Waals surface area contributed by atoms with E-state index in [2.05, 4.69) is 17.4 Å². The van der Waals surface area contributed by atoms with Gasteiger partial charge in [0.25, 0.3) is 0 Å². The minimum Gasteiger partial charge on any atom is -0.350 e. The standard InChI is InChI=1S/C25H33ClN2O2S/c1-5-22(24(30)27-25(2,3)4)28(17-19-11-13-21(26)14-12-19)23(29)15-16-31-18-20-9-7-6-8-10-20/h6-14,22H,5,15-18H2,1-4H3,(H,27,30). The Hall–Kier alpha value is -1.98. The largest absolute Gasteiger partial charge is 0.350 e. The lowest BCUT2D eigenvalue weighted by Gasteiger charge is -2.33. The van der Waals surface area contributed by atoms with Crippen molar-refractivity contribution in [3.05, 3.63) is 70.7 Å². The van der Waals surface area contributed by atoms with Gasteiger partial charge in [0.2, 0.25) is 11.8 Å². The van der Waals surface area contributed by atoms with Crippen molar-refractivity contribution in [2.75, 3.05) is 5.75 Å². The molecule has 1 atom stereocenters. The molecule has 0 spiro atoms. The van der Waals surface area contributed by atoms with Crippen LogP contribution in [0.25, 0.3) is 0 Å². The zero-order valence-corrected chi connectivity index (χ0v) is 20.4. The average molecular weight is 461 g/mol. The molecule has 0 saturated carbocycles. The lowest BCUT2D eigenvalue weighted by molar-refractivity contribution is -0.141. The molecule has 0 saturated heterocycles. The highest BCUT2D eigenvalue weighted by atomic mass is 35.5. The summed E-state index contributed by atoms with van der Waals surface area (Å²) in [6, 6.07) is 17.1. The van der Waals surface area contributed by atoms with E-state index in [-0.39, 0.29) is 17.4 Å². The van der Waals surface area contributed by atoms with E-state index in [9.17, 15) is 9.59 Å². The Morgan fingerprint density at radius 1 is 1.03 bits per heavy atom. The number of rotatable bonds is 10. The Morgan fingerprint density at radius 2 is 1.68 bits per heavy atom. The summed E-state index contributed by atoms with van der Waals surface area (Å²) in [6.07, 6.45) is 0.947. The Bertz CT molecular complexity index is 835. The maximum absolute atomic E-state index is 13.2. The molecule has 0 aromatic heterocycles. The molecule has 168 valence electrons. The lowest BCUT2D eigenvalue weighted by atomic mass is 10.1. The minimum absolute atomic E-state index is 0.00794. The number of hydrogen-bond acceptors (Lipinski definition) is 3. The van der Waals surface area contributed by atoms with Crippen molar-refractivity contribution in [2.24, 2.45) is 0 Å². The molecule has 0 fully saturated rings. The van der Waals surface area contributed by atoms with E-state index in [1.165, 1.54) is 5.56 Å². The van der Waals surface area contributed by atoms with Gasteiger partial charge >= 0.3 is 0 Å². The normalized spacial score (nSPS) is 12.3. The smallest absolute Gasteiger partial charge is 0.243 e. The van der Waals surface area contributed by atoms with Crippen molar-refractivity contribution in [1.29, 1.82) is 0 Å². The van der Waals surface area contributed by atoms with E-state index in [4.69, 9.17) is 11.6 Å². The quantitative estimate of drug-likeness (QED) is 0.463. The molecule has 2 aromatic carbocycles. The average Bonchev–Trinajstić information content (AvgIpc) is 2.72. The fourth-order valence-corrected chi connectivity index (χ4v) is 4.24. The first-order valence-electron chi connectivity index (χ1n) is 10.7. The number of hydrogen-bond donors (Lipinski definition) is 1. The summed E-state index contributed by atoms with van der Waals surface area (Å²) in [5.41, 5.74) is 1.84. The lowest BCUT2D eigenvalue weighted by Crippen LogP contribution is -2.53. The molecular weight excluding hydrogens is 428 g/mol. The Morgan fingerprint density at radius 3 is 2.26 bits per heavy atom. The number of nitrogens with zero attached hydrogens (tertiary/aromatic N) is 1. The van der Waals surface area contributed by atoms with Gasteiger partial charge in [-0.05, 0) is 50.5 Å². The van der Waals surface area contributed by atoms with Crippen molar-refractivity contribution in [3.63, 3.8) is 0 Å². The number of benzene rings is 2. The zero-order valence-electron chi connectivity index (χ0n) is 18.9. The van der Waals surface area contributed by atoms with Gasteiger partial charge < -0.3 is 10.2 Å². The number of halogens is 1. The molecule has 0 aliphatic rings. The summed E-state index contributed by atoms with van der Waals surface area (Å²) in [7, 11) is 0. The molecule has 0 aliphatic heterocycles. The van der Waals surface area contributed by atoms with Crippen LogP contribution in [-0.4, -0.2) is 34.0 Å². The monoisotopic (exact) mass is 460 g/mol. The third-order valence-electron chi connectivity index (χ3n) is 4.72. The first kappa shape index (κ1) is 25.3. The number of amides is 2. The molecule has 1 unspecified atom stereocenters. The molecule has 31 heavy (non-hydrogen) atoms. The second-order valence-corrected chi connectivity index (χ2v) is 10.1. The molecule has 2 aromatic rings. The predicted octanol–water partition coefficient (Wildman–Crippen LogP) is 5.69. The molecule has 0 heterocycles. The maximum Gasteiger partial charge on any atom is 0.243 e. The van der Waals surface area contributed by atoms with Crippen LogP contribution in [0.2, 0.25) is 5.02 Å². The number of nitrogens with one attached hydrogen (secondary N) is 1. The second-order valence-electron chi connectivity index (χ2n) is 8.60. The van der Waals surface area contributed by atoms with E-state index in [1.807, 2.05) is 70.2 Å². The summed E-state index contributed by atoms with van der Waals surface area (Å²) >= 11 is 7.74. The van der Waals surface area contributed by atoms with Gasteiger partial charge in [0.1, 0.15) is 6.04 Å². The van der Waals surface area contributed by atoms with E-state index >= 15 is 0 Å². The van der Waals surface area contributed by atoms with Crippen molar-refractivity contribution in [3.8, 4) is 0 Å². The van der Waals surface area contributed by atoms with Gasteiger partial charge in [-0.25, -0.2) is 0 Å². The summed E-state index contributed by atoms with van der Waals surface area (Å²) < 4.78 is 0. The highest BCUT2D eigenvalue weighted by molar-refractivity contribution is 7.98. The summed E-state index contributed by atoms with van der Waals surface area (Å²) in [5.74, 6) is 1.45. The van der Waals surface area contributed by atoms with Crippen LogP contribution >= 0.6 is 23.4 Å². The zero-order chi connectivity index (χ0) is 22.9. The van der Waals surface area contributed by atoms with Crippen molar-refractivity contribution in [2.45, 2.75) is 64.4 Å². The maximum atomic E-state index is 13.2. The fraction of sp³-hybridized carbons (Fsp3) is 0.440. The van der Waals surface area contributed by atoms with Crippen LogP contribution < -0.4 is 5.32 Å². The van der Waals surface area contributed by atoms with Crippen LogP contribution in [0, 0.1) is 0 Å². The van der Waals surface area contributed by atoms with E-state index < -0.39 is 6.04 Å². The molecule has 6 heteroatoms. The molecule has 0 bridgehead atoms. The number of carbonyl (C=O) groups excluding carboxylic acids is 2. The highest BCUT2D eigenvalue weighted by Gasteiger charge is 2.30. The Labute approximate surface area is 195 Å². The number of carbonyl (C=O) groups is 2. The van der Waals surface area contributed by atoms with Crippen molar-refractivity contribution >= 4 is 35.2 Å². The third-order valence-corrected chi connectivity index (χ3v) is 6.00. The van der Waals surface area contributed by atoms with Gasteiger partial charge in [0, 0.05) is 35.0 Å². The SMILES string of the molecule is CCC(C(=O)NC(C)(C)C)N(Cc1ccc(Cl)cc1)C(=O)CCSCc1ccccc1. The van der Waals surface area contributed by atoms with Crippen LogP contribution in [0.3, 0.4) is 0 Å². The third kappa shape index (κ3) is 8.96. The van der Waals surface area contributed by atoms with E-state index in [0.717, 1.165) is 11.3 Å². The molecule has 1 N–H and O–H groups in total. The summed E-state index contributed by atoms with van der Waals surface area (Å²) in [6.45, 7) is 8.17. The Kier molecular flexibility index (Phi) is 9.92. The molecular formula is C25H33ClN2O2S. The van der Waals surface area contributed by atoms with Crippen LogP contribution in [0.5, 0.6) is 0 Å². The van der Waals surface area contributed by atoms with Crippen molar-refractivity contribution < 1.29 is 9.59 Å².